The van der Waals surface area contributed by atoms with Crippen LogP contribution in [0.15, 0.2) is 35.2 Å². The summed E-state index contributed by atoms with van der Waals surface area (Å²) in [5, 5.41) is 3.74. The maximum Gasteiger partial charge on any atom is 0.0998 e. The van der Waals surface area contributed by atoms with Gasteiger partial charge in [0.05, 0.1) is 27.4 Å². The summed E-state index contributed by atoms with van der Waals surface area (Å²) >= 11 is 7.73. The maximum atomic E-state index is 6.16. The van der Waals surface area contributed by atoms with Crippen molar-refractivity contribution in [1.82, 2.24) is 9.97 Å². The molecule has 0 fully saturated rings. The number of fused-ring (bicyclic) bond motifs is 1. The number of rotatable bonds is 1. The van der Waals surface area contributed by atoms with E-state index >= 15 is 0 Å². The SMILES string of the molecule is Cc1cc2cccc(Cl)c2nc1-c1cscn1. The predicted molar refractivity (Wildman–Crippen MR) is 72.6 cm³/mol. The third-order valence-corrected chi connectivity index (χ3v) is 3.55. The summed E-state index contributed by atoms with van der Waals surface area (Å²) in [5.41, 5.74) is 5.59. The lowest BCUT2D eigenvalue weighted by Gasteiger charge is -2.06. The topological polar surface area (TPSA) is 25.8 Å². The summed E-state index contributed by atoms with van der Waals surface area (Å²) in [6, 6.07) is 7.92. The van der Waals surface area contributed by atoms with Gasteiger partial charge in [0.25, 0.3) is 0 Å². The Morgan fingerprint density at radius 2 is 2.18 bits per heavy atom. The van der Waals surface area contributed by atoms with Crippen LogP contribution in [0.25, 0.3) is 22.3 Å². The fourth-order valence-corrected chi connectivity index (χ4v) is 2.62. The molecule has 84 valence electrons. The van der Waals surface area contributed by atoms with Crippen molar-refractivity contribution in [1.29, 1.82) is 0 Å². The van der Waals surface area contributed by atoms with Gasteiger partial charge in [0.1, 0.15) is 0 Å². The molecule has 0 aliphatic heterocycles. The molecule has 2 aromatic heterocycles. The quantitative estimate of drug-likeness (QED) is 0.651. The van der Waals surface area contributed by atoms with Gasteiger partial charge >= 0.3 is 0 Å². The summed E-state index contributed by atoms with van der Waals surface area (Å²) in [7, 11) is 0. The first kappa shape index (κ1) is 10.7. The monoisotopic (exact) mass is 260 g/mol. The fourth-order valence-electron chi connectivity index (χ4n) is 1.86. The molecule has 3 aromatic rings. The van der Waals surface area contributed by atoms with Crippen molar-refractivity contribution in [3.63, 3.8) is 0 Å². The molecule has 17 heavy (non-hydrogen) atoms. The Labute approximate surface area is 108 Å². The van der Waals surface area contributed by atoms with Gasteiger partial charge in [0.2, 0.25) is 0 Å². The minimum absolute atomic E-state index is 0.680. The summed E-state index contributed by atoms with van der Waals surface area (Å²) in [4.78, 5) is 8.93. The van der Waals surface area contributed by atoms with E-state index in [1.54, 1.807) is 11.3 Å². The fraction of sp³-hybridized carbons (Fsp3) is 0.0769. The standard InChI is InChI=1S/C13H9ClN2S/c1-8-5-9-3-2-4-10(14)13(9)16-12(8)11-6-17-7-15-11/h2-7H,1H3. The van der Waals surface area contributed by atoms with Gasteiger partial charge in [-0.1, -0.05) is 23.7 Å². The van der Waals surface area contributed by atoms with Crippen molar-refractivity contribution < 1.29 is 0 Å². The van der Waals surface area contributed by atoms with Crippen LogP contribution in [0.1, 0.15) is 5.56 Å². The molecule has 0 N–H and O–H groups in total. The van der Waals surface area contributed by atoms with Crippen molar-refractivity contribution in [3.8, 4) is 11.4 Å². The Balaban J connectivity index is 2.34. The number of benzene rings is 1. The zero-order valence-corrected chi connectivity index (χ0v) is 10.7. The van der Waals surface area contributed by atoms with Crippen LogP contribution < -0.4 is 0 Å². The molecule has 0 saturated carbocycles. The lowest BCUT2D eigenvalue weighted by molar-refractivity contribution is 1.28. The molecule has 0 aliphatic carbocycles. The molecule has 4 heteroatoms. The minimum Gasteiger partial charge on any atom is -0.244 e. The Kier molecular flexibility index (Phi) is 2.57. The molecule has 2 nitrogen and oxygen atoms in total. The number of halogens is 1. The normalized spacial score (nSPS) is 10.9. The first-order valence-electron chi connectivity index (χ1n) is 5.20. The molecule has 0 amide bonds. The molecule has 0 spiro atoms. The Morgan fingerprint density at radius 1 is 1.29 bits per heavy atom. The Bertz CT molecular complexity index is 677. The number of aromatic nitrogens is 2. The number of hydrogen-bond donors (Lipinski definition) is 0. The third-order valence-electron chi connectivity index (χ3n) is 2.66. The van der Waals surface area contributed by atoms with E-state index in [4.69, 9.17) is 11.6 Å². The summed E-state index contributed by atoms with van der Waals surface area (Å²) in [6.45, 7) is 2.04. The van der Waals surface area contributed by atoms with Gasteiger partial charge in [0, 0.05) is 10.8 Å². The van der Waals surface area contributed by atoms with Gasteiger partial charge in [-0.3, -0.25) is 0 Å². The minimum atomic E-state index is 0.680. The predicted octanol–water partition coefficient (Wildman–Crippen LogP) is 4.32. The molecule has 1 aromatic carbocycles. The largest absolute Gasteiger partial charge is 0.244 e. The smallest absolute Gasteiger partial charge is 0.0998 e. The highest BCUT2D eigenvalue weighted by atomic mass is 35.5. The molecule has 2 heterocycles. The number of thiazole rings is 1. The molecular formula is C13H9ClN2S. The Hall–Kier alpha value is -1.45. The maximum absolute atomic E-state index is 6.16. The number of pyridine rings is 1. The second-order valence-corrected chi connectivity index (χ2v) is 4.96. The zero-order valence-electron chi connectivity index (χ0n) is 9.14. The first-order valence-corrected chi connectivity index (χ1v) is 6.52. The van der Waals surface area contributed by atoms with Crippen LogP contribution in [0.2, 0.25) is 5.02 Å². The third kappa shape index (κ3) is 1.81. The van der Waals surface area contributed by atoms with Crippen LogP contribution in [0.4, 0.5) is 0 Å². The van der Waals surface area contributed by atoms with Crippen molar-refractivity contribution in [2.24, 2.45) is 0 Å². The Morgan fingerprint density at radius 3 is 2.94 bits per heavy atom. The van der Waals surface area contributed by atoms with Crippen LogP contribution in [0, 0.1) is 6.92 Å². The second-order valence-electron chi connectivity index (χ2n) is 3.84. The average Bonchev–Trinajstić information content (AvgIpc) is 2.82. The van der Waals surface area contributed by atoms with Crippen molar-refractivity contribution >= 4 is 33.8 Å². The second kappa shape index (κ2) is 4.09. The number of nitrogens with zero attached hydrogens (tertiary/aromatic N) is 2. The van der Waals surface area contributed by atoms with E-state index in [9.17, 15) is 0 Å². The van der Waals surface area contributed by atoms with Crippen molar-refractivity contribution in [2.45, 2.75) is 6.92 Å². The molecule has 0 saturated heterocycles. The summed E-state index contributed by atoms with van der Waals surface area (Å²) in [6.07, 6.45) is 0. The average molecular weight is 261 g/mol. The van der Waals surface area contributed by atoms with Crippen LogP contribution >= 0.6 is 22.9 Å². The van der Waals surface area contributed by atoms with E-state index in [0.717, 1.165) is 27.9 Å². The number of aryl methyl sites for hydroxylation is 1. The van der Waals surface area contributed by atoms with Crippen LogP contribution in [-0.2, 0) is 0 Å². The molecule has 3 rings (SSSR count). The number of para-hydroxylation sites is 1. The van der Waals surface area contributed by atoms with Crippen molar-refractivity contribution in [2.75, 3.05) is 0 Å². The molecule has 0 radical (unpaired) electrons. The van der Waals surface area contributed by atoms with E-state index in [-0.39, 0.29) is 0 Å². The van der Waals surface area contributed by atoms with Gasteiger partial charge in [0.15, 0.2) is 0 Å². The highest BCUT2D eigenvalue weighted by Gasteiger charge is 2.09. The lowest BCUT2D eigenvalue weighted by atomic mass is 10.1. The van der Waals surface area contributed by atoms with Crippen LogP contribution in [0.3, 0.4) is 0 Å². The van der Waals surface area contributed by atoms with E-state index in [1.165, 1.54) is 0 Å². The van der Waals surface area contributed by atoms with Crippen molar-refractivity contribution in [3.05, 3.63) is 45.7 Å². The van der Waals surface area contributed by atoms with Gasteiger partial charge in [-0.15, -0.1) is 11.3 Å². The van der Waals surface area contributed by atoms with Crippen LogP contribution in [-0.4, -0.2) is 9.97 Å². The number of hydrogen-bond acceptors (Lipinski definition) is 3. The molecule has 0 atom stereocenters. The summed E-state index contributed by atoms with van der Waals surface area (Å²) < 4.78 is 0. The molecular weight excluding hydrogens is 252 g/mol. The highest BCUT2D eigenvalue weighted by Crippen LogP contribution is 2.28. The van der Waals surface area contributed by atoms with Gasteiger partial charge < -0.3 is 0 Å². The van der Waals surface area contributed by atoms with Crippen LogP contribution in [0.5, 0.6) is 0 Å². The first-order chi connectivity index (χ1) is 8.25. The zero-order chi connectivity index (χ0) is 11.8. The summed E-state index contributed by atoms with van der Waals surface area (Å²) in [5.74, 6) is 0. The molecule has 0 bridgehead atoms. The van der Waals surface area contributed by atoms with E-state index in [0.29, 0.717) is 5.02 Å². The van der Waals surface area contributed by atoms with E-state index in [2.05, 4.69) is 16.0 Å². The van der Waals surface area contributed by atoms with Gasteiger partial charge in [-0.05, 0) is 24.6 Å². The van der Waals surface area contributed by atoms with E-state index < -0.39 is 0 Å². The molecule has 0 unspecified atom stereocenters. The molecule has 0 aliphatic rings. The highest BCUT2D eigenvalue weighted by molar-refractivity contribution is 7.07. The van der Waals surface area contributed by atoms with Gasteiger partial charge in [-0.2, -0.15) is 0 Å². The van der Waals surface area contributed by atoms with E-state index in [1.807, 2.05) is 36.0 Å². The van der Waals surface area contributed by atoms with Gasteiger partial charge in [-0.25, -0.2) is 9.97 Å². The lowest BCUT2D eigenvalue weighted by Crippen LogP contribution is -1.90.